The molecule has 0 heterocycles. The van der Waals surface area contributed by atoms with Crippen LogP contribution in [0.3, 0.4) is 0 Å². The number of halogens is 1. The Hall–Kier alpha value is -2.13. The molecular weight excluding hydrogens is 378 g/mol. The highest BCUT2D eigenvalue weighted by molar-refractivity contribution is 6.31. The molecule has 2 N–H and O–H groups in total. The smallest absolute Gasteiger partial charge is 0.145 e. The number of aryl methyl sites for hydroxylation is 1. The third kappa shape index (κ3) is 4.90. The predicted molar refractivity (Wildman–Crippen MR) is 122 cm³/mol. The fourth-order valence-corrected chi connectivity index (χ4v) is 4.10. The fourth-order valence-electron chi connectivity index (χ4n) is 3.84. The number of rotatable bonds is 8. The third-order valence-corrected chi connectivity index (χ3v) is 5.51. The highest BCUT2D eigenvalue weighted by Crippen LogP contribution is 2.43. The molecule has 0 aliphatic rings. The summed E-state index contributed by atoms with van der Waals surface area (Å²) in [6, 6.07) is 26.6. The lowest BCUT2D eigenvalue weighted by atomic mass is 9.79. The van der Waals surface area contributed by atoms with Gasteiger partial charge in [-0.25, -0.2) is 0 Å². The van der Waals surface area contributed by atoms with Crippen LogP contribution < -0.4 is 5.73 Å². The zero-order chi connectivity index (χ0) is 20.9. The van der Waals surface area contributed by atoms with Crippen LogP contribution in [0.25, 0.3) is 0 Å². The van der Waals surface area contributed by atoms with E-state index >= 15 is 0 Å². The molecule has 0 saturated heterocycles. The summed E-state index contributed by atoms with van der Waals surface area (Å²) in [5, 5.41) is 0.675. The average molecular weight is 408 g/mol. The van der Waals surface area contributed by atoms with Gasteiger partial charge in [-0.15, -0.1) is 0 Å². The molecular formula is C26H30ClNO. The van der Waals surface area contributed by atoms with Crippen LogP contribution in [0.2, 0.25) is 5.02 Å². The molecule has 3 aromatic carbocycles. The maximum absolute atomic E-state index is 6.76. The Morgan fingerprint density at radius 3 is 2.07 bits per heavy atom. The van der Waals surface area contributed by atoms with Crippen LogP contribution >= 0.6 is 11.6 Å². The standard InChI is InChI=1S/C26H30ClNO/c1-19(2)17-23(28)18-29-26(21-9-5-4-6-10-21,22-15-13-20(3)14-16-22)24-11-7-8-12-25(24)27/h4-16,19,23H,17-18,28H2,1-3H3/t23-,26?/m1/s1. The van der Waals surface area contributed by atoms with Crippen molar-refractivity contribution in [3.8, 4) is 0 Å². The van der Waals surface area contributed by atoms with Gasteiger partial charge >= 0.3 is 0 Å². The van der Waals surface area contributed by atoms with E-state index in [1.54, 1.807) is 0 Å². The number of nitrogens with two attached hydrogens (primary N) is 1. The van der Waals surface area contributed by atoms with Gasteiger partial charge in [0.05, 0.1) is 6.61 Å². The summed E-state index contributed by atoms with van der Waals surface area (Å²) in [6.07, 6.45) is 0.904. The largest absolute Gasteiger partial charge is 0.359 e. The predicted octanol–water partition coefficient (Wildman–Crippen LogP) is 6.33. The van der Waals surface area contributed by atoms with E-state index in [1.807, 2.05) is 42.5 Å². The molecule has 152 valence electrons. The zero-order valence-corrected chi connectivity index (χ0v) is 18.2. The Morgan fingerprint density at radius 1 is 0.862 bits per heavy atom. The molecule has 0 fully saturated rings. The van der Waals surface area contributed by atoms with Gasteiger partial charge in [0, 0.05) is 16.6 Å². The molecule has 0 amide bonds. The van der Waals surface area contributed by atoms with Gasteiger partial charge in [0.2, 0.25) is 0 Å². The highest BCUT2D eigenvalue weighted by atomic mass is 35.5. The lowest BCUT2D eigenvalue weighted by Crippen LogP contribution is -2.38. The van der Waals surface area contributed by atoms with Crippen LogP contribution in [0.4, 0.5) is 0 Å². The van der Waals surface area contributed by atoms with E-state index in [0.29, 0.717) is 17.5 Å². The summed E-state index contributed by atoms with van der Waals surface area (Å²) >= 11 is 6.73. The first-order valence-electron chi connectivity index (χ1n) is 10.2. The van der Waals surface area contributed by atoms with Crippen LogP contribution in [0.5, 0.6) is 0 Å². The minimum Gasteiger partial charge on any atom is -0.359 e. The van der Waals surface area contributed by atoms with E-state index in [9.17, 15) is 0 Å². The minimum atomic E-state index is -0.831. The monoisotopic (exact) mass is 407 g/mol. The van der Waals surface area contributed by atoms with Gasteiger partial charge in [0.15, 0.2) is 0 Å². The lowest BCUT2D eigenvalue weighted by Gasteiger charge is -2.37. The lowest BCUT2D eigenvalue weighted by molar-refractivity contribution is 0.00279. The van der Waals surface area contributed by atoms with Crippen molar-refractivity contribution in [2.24, 2.45) is 11.7 Å². The summed E-state index contributed by atoms with van der Waals surface area (Å²) in [6.45, 7) is 6.88. The maximum atomic E-state index is 6.76. The summed E-state index contributed by atoms with van der Waals surface area (Å²) in [7, 11) is 0. The molecule has 0 aliphatic carbocycles. The van der Waals surface area contributed by atoms with E-state index in [2.05, 4.69) is 57.2 Å². The average Bonchev–Trinajstić information content (AvgIpc) is 2.71. The van der Waals surface area contributed by atoms with Crippen LogP contribution in [-0.4, -0.2) is 12.6 Å². The molecule has 0 saturated carbocycles. The molecule has 0 radical (unpaired) electrons. The topological polar surface area (TPSA) is 35.2 Å². The van der Waals surface area contributed by atoms with Gasteiger partial charge < -0.3 is 10.5 Å². The Labute approximate surface area is 179 Å². The Kier molecular flexibility index (Phi) is 7.13. The summed E-state index contributed by atoms with van der Waals surface area (Å²) < 4.78 is 6.76. The van der Waals surface area contributed by atoms with Crippen molar-refractivity contribution in [3.63, 3.8) is 0 Å². The molecule has 0 bridgehead atoms. The Bertz CT molecular complexity index is 908. The third-order valence-electron chi connectivity index (χ3n) is 5.18. The molecule has 3 aromatic rings. The molecule has 0 aliphatic heterocycles. The maximum Gasteiger partial charge on any atom is 0.145 e. The molecule has 2 nitrogen and oxygen atoms in total. The summed E-state index contributed by atoms with van der Waals surface area (Å²) in [5.41, 5.74) is 9.79. The number of hydrogen-bond acceptors (Lipinski definition) is 2. The van der Waals surface area contributed by atoms with E-state index < -0.39 is 5.60 Å². The number of hydrogen-bond donors (Lipinski definition) is 1. The van der Waals surface area contributed by atoms with Gasteiger partial charge in [-0.05, 0) is 36.5 Å². The molecule has 3 heteroatoms. The Balaban J connectivity index is 2.19. The molecule has 3 rings (SSSR count). The van der Waals surface area contributed by atoms with Crippen molar-refractivity contribution in [3.05, 3.63) is 106 Å². The highest BCUT2D eigenvalue weighted by Gasteiger charge is 2.39. The SMILES string of the molecule is Cc1ccc(C(OC[C@H](N)CC(C)C)(c2ccccc2)c2ccccc2Cl)cc1. The van der Waals surface area contributed by atoms with Crippen molar-refractivity contribution in [2.45, 2.75) is 38.8 Å². The fraction of sp³-hybridized carbons (Fsp3) is 0.308. The second-order valence-corrected chi connectivity index (χ2v) is 8.50. The second kappa shape index (κ2) is 9.58. The van der Waals surface area contributed by atoms with Gasteiger partial charge in [0.1, 0.15) is 5.60 Å². The van der Waals surface area contributed by atoms with Crippen molar-refractivity contribution in [1.82, 2.24) is 0 Å². The second-order valence-electron chi connectivity index (χ2n) is 8.09. The first kappa shape index (κ1) is 21.6. The number of benzene rings is 3. The van der Waals surface area contributed by atoms with Gasteiger partial charge in [0.25, 0.3) is 0 Å². The zero-order valence-electron chi connectivity index (χ0n) is 17.4. The van der Waals surface area contributed by atoms with E-state index in [0.717, 1.165) is 23.1 Å². The van der Waals surface area contributed by atoms with E-state index in [4.69, 9.17) is 22.1 Å². The van der Waals surface area contributed by atoms with E-state index in [1.165, 1.54) is 5.56 Å². The van der Waals surface area contributed by atoms with Crippen molar-refractivity contribution in [2.75, 3.05) is 6.61 Å². The molecule has 1 unspecified atom stereocenters. The van der Waals surface area contributed by atoms with Crippen molar-refractivity contribution >= 4 is 11.6 Å². The summed E-state index contributed by atoms with van der Waals surface area (Å²) in [4.78, 5) is 0. The van der Waals surface area contributed by atoms with Crippen LogP contribution in [0, 0.1) is 12.8 Å². The first-order valence-corrected chi connectivity index (χ1v) is 10.6. The van der Waals surface area contributed by atoms with Gasteiger partial charge in [-0.3, -0.25) is 0 Å². The van der Waals surface area contributed by atoms with Gasteiger partial charge in [-0.1, -0.05) is 104 Å². The molecule has 0 spiro atoms. The van der Waals surface area contributed by atoms with E-state index in [-0.39, 0.29) is 6.04 Å². The summed E-state index contributed by atoms with van der Waals surface area (Å²) in [5.74, 6) is 0.513. The van der Waals surface area contributed by atoms with Crippen LogP contribution in [0.1, 0.15) is 42.5 Å². The quantitative estimate of drug-likeness (QED) is 0.443. The van der Waals surface area contributed by atoms with Crippen molar-refractivity contribution < 1.29 is 4.74 Å². The van der Waals surface area contributed by atoms with Crippen molar-refractivity contribution in [1.29, 1.82) is 0 Å². The van der Waals surface area contributed by atoms with Crippen LogP contribution in [-0.2, 0) is 10.3 Å². The normalized spacial score (nSPS) is 14.6. The molecule has 2 atom stereocenters. The number of ether oxygens (including phenoxy) is 1. The first-order chi connectivity index (χ1) is 13.9. The van der Waals surface area contributed by atoms with Crippen LogP contribution in [0.15, 0.2) is 78.9 Å². The molecule has 29 heavy (non-hydrogen) atoms. The molecule has 0 aromatic heterocycles. The van der Waals surface area contributed by atoms with Gasteiger partial charge in [-0.2, -0.15) is 0 Å². The Morgan fingerprint density at radius 2 is 1.45 bits per heavy atom. The minimum absolute atomic E-state index is 0.0500.